The number of H-pyrrole nitrogens is 1. The van der Waals surface area contributed by atoms with Gasteiger partial charge >= 0.3 is 5.97 Å². The summed E-state index contributed by atoms with van der Waals surface area (Å²) in [4.78, 5) is 33.6. The third-order valence-corrected chi connectivity index (χ3v) is 2.30. The van der Waals surface area contributed by atoms with E-state index in [0.29, 0.717) is 0 Å². The Bertz CT molecular complexity index is 495. The van der Waals surface area contributed by atoms with Crippen molar-refractivity contribution in [2.45, 2.75) is 26.8 Å². The lowest BCUT2D eigenvalue weighted by Crippen LogP contribution is -2.49. The maximum Gasteiger partial charge on any atom is 0.326 e. The molecule has 18 heavy (non-hydrogen) atoms. The zero-order valence-corrected chi connectivity index (χ0v) is 10.4. The number of carbonyl (C=O) groups is 2. The molecule has 0 aliphatic heterocycles. The van der Waals surface area contributed by atoms with Crippen LogP contribution in [0.15, 0.2) is 16.9 Å². The molecule has 0 bridgehead atoms. The quantitative estimate of drug-likeness (QED) is 0.701. The molecule has 0 radical (unpaired) electrons. The van der Waals surface area contributed by atoms with E-state index in [-0.39, 0.29) is 5.69 Å². The van der Waals surface area contributed by atoms with Crippen molar-refractivity contribution < 1.29 is 14.7 Å². The van der Waals surface area contributed by atoms with Crippen LogP contribution in [-0.2, 0) is 4.79 Å². The van der Waals surface area contributed by atoms with Crippen molar-refractivity contribution in [2.24, 2.45) is 5.41 Å². The van der Waals surface area contributed by atoms with Crippen LogP contribution in [0.1, 0.15) is 31.3 Å². The summed E-state index contributed by atoms with van der Waals surface area (Å²) in [5.74, 6) is -1.77. The molecular weight excluding hydrogens is 238 g/mol. The van der Waals surface area contributed by atoms with Gasteiger partial charge in [-0.2, -0.15) is 5.10 Å². The number of amides is 1. The van der Waals surface area contributed by atoms with Crippen molar-refractivity contribution in [1.82, 2.24) is 15.5 Å². The highest BCUT2D eigenvalue weighted by Gasteiger charge is 2.33. The van der Waals surface area contributed by atoms with E-state index in [4.69, 9.17) is 5.11 Å². The van der Waals surface area contributed by atoms with Gasteiger partial charge in [0.15, 0.2) is 0 Å². The summed E-state index contributed by atoms with van der Waals surface area (Å²) in [6, 6.07) is 1.34. The molecule has 0 saturated carbocycles. The van der Waals surface area contributed by atoms with E-state index < -0.39 is 28.9 Å². The van der Waals surface area contributed by atoms with Crippen LogP contribution in [0.4, 0.5) is 0 Å². The first-order chi connectivity index (χ1) is 8.21. The predicted octanol–water partition coefficient (Wildman–Crippen LogP) is -0.00100. The van der Waals surface area contributed by atoms with Crippen molar-refractivity contribution in [3.63, 3.8) is 0 Å². The Balaban J connectivity index is 2.89. The summed E-state index contributed by atoms with van der Waals surface area (Å²) in [7, 11) is 0. The van der Waals surface area contributed by atoms with Gasteiger partial charge in [-0.25, -0.2) is 9.89 Å². The standard InChI is InChI=1S/C11H15N3O4/c1-11(2,3)8(10(17)18)12-9(16)6-4-5-7(15)14-13-6/h4-5,8H,1-3H3,(H,12,16)(H,14,15)(H,17,18)/t8-/m1/s1. The summed E-state index contributed by atoms with van der Waals surface area (Å²) < 4.78 is 0. The summed E-state index contributed by atoms with van der Waals surface area (Å²) in [5.41, 5.74) is -1.11. The molecule has 7 heteroatoms. The second-order valence-electron chi connectivity index (χ2n) is 4.92. The van der Waals surface area contributed by atoms with Crippen molar-refractivity contribution in [1.29, 1.82) is 0 Å². The Morgan fingerprint density at radius 2 is 2.00 bits per heavy atom. The number of hydrogen-bond donors (Lipinski definition) is 3. The minimum Gasteiger partial charge on any atom is -0.480 e. The van der Waals surface area contributed by atoms with E-state index in [2.05, 4.69) is 15.5 Å². The molecular formula is C11H15N3O4. The van der Waals surface area contributed by atoms with Gasteiger partial charge in [0, 0.05) is 6.07 Å². The molecule has 1 aromatic rings. The Kier molecular flexibility index (Phi) is 3.85. The maximum atomic E-state index is 11.8. The monoisotopic (exact) mass is 253 g/mol. The van der Waals surface area contributed by atoms with Crippen molar-refractivity contribution in [3.05, 3.63) is 28.2 Å². The fourth-order valence-electron chi connectivity index (χ4n) is 1.32. The number of nitrogens with zero attached hydrogens (tertiary/aromatic N) is 1. The van der Waals surface area contributed by atoms with Gasteiger partial charge in [0.05, 0.1) is 0 Å². The zero-order chi connectivity index (χ0) is 13.9. The average molecular weight is 253 g/mol. The molecule has 0 spiro atoms. The van der Waals surface area contributed by atoms with Gasteiger partial charge in [0.25, 0.3) is 11.5 Å². The minimum absolute atomic E-state index is 0.0369. The van der Waals surface area contributed by atoms with Gasteiger partial charge in [-0.1, -0.05) is 20.8 Å². The number of carboxylic acid groups (broad SMARTS) is 1. The van der Waals surface area contributed by atoms with Crippen LogP contribution in [0.5, 0.6) is 0 Å². The summed E-state index contributed by atoms with van der Waals surface area (Å²) in [6.45, 7) is 5.10. The molecule has 0 aromatic carbocycles. The topological polar surface area (TPSA) is 112 Å². The fourth-order valence-corrected chi connectivity index (χ4v) is 1.32. The largest absolute Gasteiger partial charge is 0.480 e. The van der Waals surface area contributed by atoms with Crippen molar-refractivity contribution >= 4 is 11.9 Å². The fraction of sp³-hybridized carbons (Fsp3) is 0.455. The molecule has 1 amide bonds. The first kappa shape index (κ1) is 13.9. The van der Waals surface area contributed by atoms with Crippen LogP contribution in [0.25, 0.3) is 0 Å². The first-order valence-electron chi connectivity index (χ1n) is 5.31. The molecule has 0 aliphatic carbocycles. The second kappa shape index (κ2) is 4.99. The minimum atomic E-state index is -1.12. The van der Waals surface area contributed by atoms with E-state index in [1.165, 1.54) is 6.07 Å². The molecule has 0 unspecified atom stereocenters. The Morgan fingerprint density at radius 1 is 1.39 bits per heavy atom. The predicted molar refractivity (Wildman–Crippen MR) is 63.2 cm³/mol. The van der Waals surface area contributed by atoms with Crippen LogP contribution in [-0.4, -0.2) is 33.2 Å². The van der Waals surface area contributed by atoms with Crippen LogP contribution >= 0.6 is 0 Å². The van der Waals surface area contributed by atoms with E-state index >= 15 is 0 Å². The highest BCUT2D eigenvalue weighted by molar-refractivity contribution is 5.94. The molecule has 1 heterocycles. The van der Waals surface area contributed by atoms with Gasteiger partial charge in [0.1, 0.15) is 11.7 Å². The summed E-state index contributed by atoms with van der Waals surface area (Å²) in [5, 5.41) is 17.1. The SMILES string of the molecule is CC(C)(C)[C@H](NC(=O)c1ccc(=O)[nH]n1)C(=O)O. The third-order valence-electron chi connectivity index (χ3n) is 2.30. The van der Waals surface area contributed by atoms with Gasteiger partial charge in [0.2, 0.25) is 0 Å². The molecule has 0 saturated heterocycles. The van der Waals surface area contributed by atoms with E-state index in [0.717, 1.165) is 6.07 Å². The van der Waals surface area contributed by atoms with Crippen molar-refractivity contribution in [2.75, 3.05) is 0 Å². The van der Waals surface area contributed by atoms with Crippen LogP contribution in [0.3, 0.4) is 0 Å². The maximum absolute atomic E-state index is 11.8. The normalized spacial score (nSPS) is 12.8. The Labute approximate surface area is 103 Å². The Morgan fingerprint density at radius 3 is 2.39 bits per heavy atom. The van der Waals surface area contributed by atoms with Gasteiger partial charge < -0.3 is 10.4 Å². The number of aromatic amines is 1. The van der Waals surface area contributed by atoms with E-state index in [9.17, 15) is 14.4 Å². The van der Waals surface area contributed by atoms with Crippen molar-refractivity contribution in [3.8, 4) is 0 Å². The average Bonchev–Trinajstić information content (AvgIpc) is 2.24. The lowest BCUT2D eigenvalue weighted by molar-refractivity contribution is -0.142. The van der Waals surface area contributed by atoms with E-state index in [1.54, 1.807) is 20.8 Å². The number of hydrogen-bond acceptors (Lipinski definition) is 4. The van der Waals surface area contributed by atoms with Gasteiger partial charge in [-0.05, 0) is 11.5 Å². The molecule has 3 N–H and O–H groups in total. The van der Waals surface area contributed by atoms with Gasteiger partial charge in [-0.15, -0.1) is 0 Å². The second-order valence-corrected chi connectivity index (χ2v) is 4.92. The number of carboxylic acids is 1. The molecule has 1 atom stereocenters. The molecule has 1 rings (SSSR count). The highest BCUT2D eigenvalue weighted by Crippen LogP contribution is 2.19. The molecule has 7 nitrogen and oxygen atoms in total. The smallest absolute Gasteiger partial charge is 0.326 e. The van der Waals surface area contributed by atoms with Crippen LogP contribution < -0.4 is 10.9 Å². The number of nitrogens with one attached hydrogen (secondary N) is 2. The highest BCUT2D eigenvalue weighted by atomic mass is 16.4. The lowest BCUT2D eigenvalue weighted by Gasteiger charge is -2.27. The van der Waals surface area contributed by atoms with E-state index in [1.807, 2.05) is 0 Å². The number of carbonyl (C=O) groups excluding carboxylic acids is 1. The summed E-state index contributed by atoms with van der Waals surface area (Å²) >= 11 is 0. The number of rotatable bonds is 3. The van der Waals surface area contributed by atoms with Crippen LogP contribution in [0.2, 0.25) is 0 Å². The zero-order valence-electron chi connectivity index (χ0n) is 10.4. The summed E-state index contributed by atoms with van der Waals surface area (Å²) in [6.07, 6.45) is 0. The first-order valence-corrected chi connectivity index (χ1v) is 5.31. The van der Waals surface area contributed by atoms with Gasteiger partial charge in [-0.3, -0.25) is 9.59 Å². The molecule has 0 aliphatic rings. The number of aromatic nitrogens is 2. The van der Waals surface area contributed by atoms with Crippen LogP contribution in [0, 0.1) is 5.41 Å². The molecule has 98 valence electrons. The third kappa shape index (κ3) is 3.41. The Hall–Kier alpha value is -2.18. The molecule has 0 fully saturated rings. The number of aliphatic carboxylic acids is 1. The lowest BCUT2D eigenvalue weighted by atomic mass is 9.86. The molecule has 1 aromatic heterocycles.